The molecule has 0 aromatic heterocycles. The van der Waals surface area contributed by atoms with Crippen molar-refractivity contribution in [1.82, 2.24) is 5.32 Å². The first kappa shape index (κ1) is 14.1. The quantitative estimate of drug-likeness (QED) is 0.861. The average Bonchev–Trinajstić information content (AvgIpc) is 2.46. The van der Waals surface area contributed by atoms with Gasteiger partial charge in [-0.3, -0.25) is 4.79 Å². The minimum atomic E-state index is -0.155. The Balaban J connectivity index is 2.26. The number of benzene rings is 1. The molecule has 4 heteroatoms. The molecule has 0 bridgehead atoms. The van der Waals surface area contributed by atoms with Crippen molar-refractivity contribution < 1.29 is 9.53 Å². The molecule has 0 saturated carbocycles. The molecule has 0 atom stereocenters. The second kappa shape index (κ2) is 6.22. The van der Waals surface area contributed by atoms with Crippen LogP contribution in [0.5, 0.6) is 0 Å². The molecule has 1 heterocycles. The highest BCUT2D eigenvalue weighted by molar-refractivity contribution is 6.31. The van der Waals surface area contributed by atoms with Crippen molar-refractivity contribution in [3.05, 3.63) is 47.5 Å². The number of rotatable bonds is 4. The van der Waals surface area contributed by atoms with Crippen molar-refractivity contribution >= 4 is 17.5 Å². The molecule has 1 aromatic rings. The topological polar surface area (TPSA) is 38.3 Å². The number of hydrogen-bond donors (Lipinski definition) is 1. The smallest absolute Gasteiger partial charge is 0.243 e. The van der Waals surface area contributed by atoms with Gasteiger partial charge >= 0.3 is 0 Å². The fourth-order valence-electron chi connectivity index (χ4n) is 2.52. The van der Waals surface area contributed by atoms with Crippen LogP contribution in [0.15, 0.2) is 36.9 Å². The highest BCUT2D eigenvalue weighted by atomic mass is 35.5. The Morgan fingerprint density at radius 3 is 2.74 bits per heavy atom. The minimum absolute atomic E-state index is 0.144. The van der Waals surface area contributed by atoms with Crippen molar-refractivity contribution in [2.75, 3.05) is 19.8 Å². The molecule has 19 heavy (non-hydrogen) atoms. The molecular formula is C15H18ClNO2. The minimum Gasteiger partial charge on any atom is -0.381 e. The zero-order valence-corrected chi connectivity index (χ0v) is 11.6. The van der Waals surface area contributed by atoms with E-state index in [0.29, 0.717) is 19.8 Å². The van der Waals surface area contributed by atoms with Crippen LogP contribution in [0.3, 0.4) is 0 Å². The Kier molecular flexibility index (Phi) is 4.61. The van der Waals surface area contributed by atoms with E-state index >= 15 is 0 Å². The lowest BCUT2D eigenvalue weighted by Gasteiger charge is -2.38. The number of ether oxygens (including phenoxy) is 1. The molecule has 2 rings (SSSR count). The van der Waals surface area contributed by atoms with Crippen LogP contribution < -0.4 is 5.32 Å². The van der Waals surface area contributed by atoms with E-state index in [0.717, 1.165) is 23.4 Å². The van der Waals surface area contributed by atoms with Gasteiger partial charge in [-0.25, -0.2) is 0 Å². The van der Waals surface area contributed by atoms with Crippen LogP contribution in [0.25, 0.3) is 0 Å². The van der Waals surface area contributed by atoms with Gasteiger partial charge in [0, 0.05) is 30.2 Å². The molecule has 0 aliphatic carbocycles. The van der Waals surface area contributed by atoms with Crippen molar-refractivity contribution in [3.8, 4) is 0 Å². The molecule has 1 N–H and O–H groups in total. The zero-order chi connectivity index (χ0) is 13.7. The van der Waals surface area contributed by atoms with Gasteiger partial charge < -0.3 is 10.1 Å². The molecular weight excluding hydrogens is 262 g/mol. The van der Waals surface area contributed by atoms with Crippen LogP contribution in [0.1, 0.15) is 18.4 Å². The van der Waals surface area contributed by atoms with Crippen LogP contribution in [-0.4, -0.2) is 25.7 Å². The average molecular weight is 280 g/mol. The van der Waals surface area contributed by atoms with E-state index in [1.807, 2.05) is 24.3 Å². The maximum Gasteiger partial charge on any atom is 0.243 e. The molecule has 102 valence electrons. The van der Waals surface area contributed by atoms with Crippen LogP contribution in [0.2, 0.25) is 5.02 Å². The molecule has 1 aromatic carbocycles. The lowest BCUT2D eigenvalue weighted by molar-refractivity contribution is -0.117. The Morgan fingerprint density at radius 1 is 1.42 bits per heavy atom. The first-order valence-corrected chi connectivity index (χ1v) is 6.79. The molecule has 1 fully saturated rings. The Hall–Kier alpha value is -1.32. The van der Waals surface area contributed by atoms with E-state index in [-0.39, 0.29) is 11.3 Å². The van der Waals surface area contributed by atoms with Gasteiger partial charge in [-0.15, -0.1) is 0 Å². The van der Waals surface area contributed by atoms with E-state index in [2.05, 4.69) is 11.9 Å². The first-order valence-electron chi connectivity index (χ1n) is 6.41. The number of halogens is 1. The third-order valence-corrected chi connectivity index (χ3v) is 4.01. The number of hydrogen-bond acceptors (Lipinski definition) is 2. The number of carbonyl (C=O) groups is 1. The van der Waals surface area contributed by atoms with Gasteiger partial charge in [0.1, 0.15) is 0 Å². The molecule has 1 amide bonds. The summed E-state index contributed by atoms with van der Waals surface area (Å²) in [6.45, 7) is 5.41. The monoisotopic (exact) mass is 279 g/mol. The van der Waals surface area contributed by atoms with Crippen LogP contribution >= 0.6 is 11.6 Å². The SMILES string of the molecule is C=CC(=O)NCC1(c2ccccc2Cl)CCOCC1. The van der Waals surface area contributed by atoms with Gasteiger partial charge in [0.2, 0.25) is 5.91 Å². The molecule has 1 aliphatic rings. The summed E-state index contributed by atoms with van der Waals surface area (Å²) in [6.07, 6.45) is 3.00. The van der Waals surface area contributed by atoms with Crippen molar-refractivity contribution in [3.63, 3.8) is 0 Å². The highest BCUT2D eigenvalue weighted by Crippen LogP contribution is 2.38. The summed E-state index contributed by atoms with van der Waals surface area (Å²) in [4.78, 5) is 11.4. The predicted molar refractivity (Wildman–Crippen MR) is 76.4 cm³/mol. The predicted octanol–water partition coefficient (Wildman–Crippen LogP) is 2.69. The van der Waals surface area contributed by atoms with Gasteiger partial charge in [-0.05, 0) is 30.5 Å². The third-order valence-electron chi connectivity index (χ3n) is 3.68. The van der Waals surface area contributed by atoms with Gasteiger partial charge in [0.25, 0.3) is 0 Å². The van der Waals surface area contributed by atoms with Crippen molar-refractivity contribution in [1.29, 1.82) is 0 Å². The van der Waals surface area contributed by atoms with E-state index in [4.69, 9.17) is 16.3 Å². The molecule has 0 spiro atoms. The zero-order valence-electron chi connectivity index (χ0n) is 10.8. The summed E-state index contributed by atoms with van der Waals surface area (Å²) in [5.74, 6) is -0.155. The summed E-state index contributed by atoms with van der Waals surface area (Å²) in [6, 6.07) is 7.83. The van der Waals surface area contributed by atoms with E-state index < -0.39 is 0 Å². The van der Waals surface area contributed by atoms with E-state index in [1.165, 1.54) is 6.08 Å². The highest BCUT2D eigenvalue weighted by Gasteiger charge is 2.36. The number of carbonyl (C=O) groups excluding carboxylic acids is 1. The summed E-state index contributed by atoms with van der Waals surface area (Å²) in [5.41, 5.74) is 0.944. The Bertz CT molecular complexity index is 467. The van der Waals surface area contributed by atoms with Crippen LogP contribution in [0.4, 0.5) is 0 Å². The summed E-state index contributed by atoms with van der Waals surface area (Å²) in [5, 5.41) is 3.64. The lowest BCUT2D eigenvalue weighted by Crippen LogP contribution is -2.44. The maximum absolute atomic E-state index is 11.4. The number of nitrogens with one attached hydrogen (secondary N) is 1. The third kappa shape index (κ3) is 3.17. The van der Waals surface area contributed by atoms with Crippen molar-refractivity contribution in [2.45, 2.75) is 18.3 Å². The van der Waals surface area contributed by atoms with Crippen LogP contribution in [-0.2, 0) is 14.9 Å². The van der Waals surface area contributed by atoms with E-state index in [1.54, 1.807) is 0 Å². The van der Waals surface area contributed by atoms with E-state index in [9.17, 15) is 4.79 Å². The maximum atomic E-state index is 11.4. The fraction of sp³-hybridized carbons (Fsp3) is 0.400. The Morgan fingerprint density at radius 2 is 2.11 bits per heavy atom. The fourth-order valence-corrected chi connectivity index (χ4v) is 2.86. The molecule has 3 nitrogen and oxygen atoms in total. The van der Waals surface area contributed by atoms with Gasteiger partial charge in [-0.2, -0.15) is 0 Å². The second-order valence-corrected chi connectivity index (χ2v) is 5.20. The summed E-state index contributed by atoms with van der Waals surface area (Å²) in [7, 11) is 0. The van der Waals surface area contributed by atoms with Gasteiger partial charge in [0.15, 0.2) is 0 Å². The molecule has 0 radical (unpaired) electrons. The largest absolute Gasteiger partial charge is 0.381 e. The van der Waals surface area contributed by atoms with Crippen molar-refractivity contribution in [2.24, 2.45) is 0 Å². The second-order valence-electron chi connectivity index (χ2n) is 4.79. The normalized spacial score (nSPS) is 17.7. The van der Waals surface area contributed by atoms with Gasteiger partial charge in [0.05, 0.1) is 0 Å². The standard InChI is InChI=1S/C15H18ClNO2/c1-2-14(18)17-11-15(7-9-19-10-8-15)12-5-3-4-6-13(12)16/h2-6H,1,7-11H2,(H,17,18). The Labute approximate surface area is 118 Å². The first-order chi connectivity index (χ1) is 9.18. The molecule has 0 unspecified atom stereocenters. The molecule has 1 saturated heterocycles. The summed E-state index contributed by atoms with van der Waals surface area (Å²) < 4.78 is 5.44. The van der Waals surface area contributed by atoms with Crippen LogP contribution in [0, 0.1) is 0 Å². The summed E-state index contributed by atoms with van der Waals surface area (Å²) >= 11 is 6.32. The lowest BCUT2D eigenvalue weighted by atomic mass is 9.74. The van der Waals surface area contributed by atoms with Gasteiger partial charge in [-0.1, -0.05) is 36.4 Å². The number of amides is 1. The molecule has 1 aliphatic heterocycles.